The van der Waals surface area contributed by atoms with E-state index < -0.39 is 0 Å². The third-order valence-corrected chi connectivity index (χ3v) is 13.0. The summed E-state index contributed by atoms with van der Waals surface area (Å²) in [6.45, 7) is 0. The average molecular weight is 692 g/mol. The van der Waals surface area contributed by atoms with Gasteiger partial charge in [-0.1, -0.05) is 109 Å². The van der Waals surface area contributed by atoms with Crippen molar-refractivity contribution in [2.24, 2.45) is 17.8 Å². The quantitative estimate of drug-likeness (QED) is 0.213. The van der Waals surface area contributed by atoms with E-state index in [9.17, 15) is 0 Å². The number of hydrogen-bond donors (Lipinski definition) is 0. The van der Waals surface area contributed by atoms with Crippen LogP contribution in [0, 0.1) is 17.8 Å². The molecule has 3 aromatic carbocycles. The van der Waals surface area contributed by atoms with Crippen LogP contribution < -0.4 is 4.74 Å². The van der Waals surface area contributed by atoms with Crippen LogP contribution in [0.5, 0.6) is 11.5 Å². The fourth-order valence-corrected chi connectivity index (χ4v) is 10.7. The second-order valence-corrected chi connectivity index (χ2v) is 15.9. The number of nitrogens with zero attached hydrogens (tertiary/aromatic N) is 1. The van der Waals surface area contributed by atoms with Gasteiger partial charge in [0.05, 0.1) is 17.7 Å². The maximum absolute atomic E-state index is 6.98. The number of fused-ring (bicyclic) bond motifs is 7. The number of allylic oxidation sites excluding steroid dienone is 11. The molecule has 3 heterocycles. The maximum Gasteiger partial charge on any atom is 0.131 e. The summed E-state index contributed by atoms with van der Waals surface area (Å²) in [5, 5.41) is 1.36. The molecule has 3 heteroatoms. The molecule has 0 spiro atoms. The predicted molar refractivity (Wildman–Crippen MR) is 217 cm³/mol. The van der Waals surface area contributed by atoms with Crippen molar-refractivity contribution in [1.29, 1.82) is 0 Å². The summed E-state index contributed by atoms with van der Waals surface area (Å²) >= 11 is 0. The first-order chi connectivity index (χ1) is 26.3. The molecule has 0 N–H and O–H groups in total. The van der Waals surface area contributed by atoms with E-state index >= 15 is 0 Å². The van der Waals surface area contributed by atoms with Gasteiger partial charge in [0.15, 0.2) is 0 Å². The molecule has 0 bridgehead atoms. The lowest BCUT2D eigenvalue weighted by molar-refractivity contribution is -0.0857. The van der Waals surface area contributed by atoms with Crippen LogP contribution in [0.15, 0.2) is 145 Å². The van der Waals surface area contributed by atoms with Crippen molar-refractivity contribution in [1.82, 2.24) is 4.57 Å². The zero-order chi connectivity index (χ0) is 34.9. The molecular formula is C50H45NO2. The fraction of sp³-hybridized carbons (Fsp3) is 0.280. The summed E-state index contributed by atoms with van der Waals surface area (Å²) < 4.78 is 16.4. The van der Waals surface area contributed by atoms with Gasteiger partial charge in [-0.2, -0.15) is 0 Å². The number of ether oxygens (including phenoxy) is 2. The molecule has 6 atom stereocenters. The zero-order valence-corrected chi connectivity index (χ0v) is 30.2. The maximum atomic E-state index is 6.98. The third-order valence-electron chi connectivity index (χ3n) is 13.0. The molecule has 5 aliphatic carbocycles. The summed E-state index contributed by atoms with van der Waals surface area (Å²) in [4.78, 5) is 0. The SMILES string of the molecule is C1=CCCC(C2=CC=CC3OC4C=CC=CC4C(C4c5ccccc5Oc5ccc(-c6ccc7c(c6)c6c(n7C7=CCCCC7)CCC=C6)cc54)C23)=C1. The van der Waals surface area contributed by atoms with Crippen LogP contribution in [0.3, 0.4) is 0 Å². The summed E-state index contributed by atoms with van der Waals surface area (Å²) in [6.07, 6.45) is 39.5. The summed E-state index contributed by atoms with van der Waals surface area (Å²) in [5.74, 6) is 2.78. The number of aromatic nitrogens is 1. The second-order valence-electron chi connectivity index (χ2n) is 15.9. The first-order valence-electron chi connectivity index (χ1n) is 20.0. The van der Waals surface area contributed by atoms with Gasteiger partial charge in [0.2, 0.25) is 0 Å². The van der Waals surface area contributed by atoms with Gasteiger partial charge in [-0.05, 0) is 110 Å². The fourth-order valence-electron chi connectivity index (χ4n) is 10.7. The van der Waals surface area contributed by atoms with Gasteiger partial charge in [0, 0.05) is 51.2 Å². The van der Waals surface area contributed by atoms with Crippen molar-refractivity contribution in [3.05, 3.63) is 167 Å². The predicted octanol–water partition coefficient (Wildman–Crippen LogP) is 12.4. The number of rotatable bonds is 4. The Kier molecular flexibility index (Phi) is 7.57. The molecular weight excluding hydrogens is 647 g/mol. The van der Waals surface area contributed by atoms with Crippen molar-refractivity contribution in [3.63, 3.8) is 0 Å². The molecule has 1 fully saturated rings. The highest BCUT2D eigenvalue weighted by molar-refractivity contribution is 5.97. The number of benzene rings is 3. The van der Waals surface area contributed by atoms with Crippen LogP contribution in [0.4, 0.5) is 0 Å². The molecule has 1 saturated heterocycles. The minimum Gasteiger partial charge on any atom is -0.457 e. The first-order valence-corrected chi connectivity index (χ1v) is 20.0. The Balaban J connectivity index is 1.07. The standard InChI is InChI=1S/C50H45NO2/c1-3-14-32(15-4-1)36-21-13-25-47-49(36)50(39-20-9-12-24-45(39)53-47)48-38-19-8-11-23-44(38)52-46-29-27-34(31-41(46)48)33-26-28-43-40(30-33)37-18-7-10-22-42(37)51(43)35-16-5-2-6-17-35/h1,3,7-9,11-14,16,18-21,23-31,39,45,47-50H,2,4-6,10,15,17,22H2. The van der Waals surface area contributed by atoms with Crippen molar-refractivity contribution in [3.8, 4) is 22.6 Å². The third kappa shape index (κ3) is 5.11. The van der Waals surface area contributed by atoms with E-state index in [1.165, 1.54) is 80.5 Å². The minimum absolute atomic E-state index is 0.0100. The largest absolute Gasteiger partial charge is 0.457 e. The van der Waals surface area contributed by atoms with Crippen molar-refractivity contribution in [2.45, 2.75) is 69.5 Å². The van der Waals surface area contributed by atoms with Crippen LogP contribution in [0.1, 0.15) is 73.2 Å². The van der Waals surface area contributed by atoms with E-state index in [1.54, 1.807) is 0 Å². The van der Waals surface area contributed by atoms with Gasteiger partial charge in [-0.25, -0.2) is 0 Å². The molecule has 1 aromatic heterocycles. The zero-order valence-electron chi connectivity index (χ0n) is 30.2. The average Bonchev–Trinajstić information content (AvgIpc) is 3.56. The van der Waals surface area contributed by atoms with Crippen molar-refractivity contribution >= 4 is 22.7 Å². The Hall–Kier alpha value is -5.12. The lowest BCUT2D eigenvalue weighted by Gasteiger charge is -2.51. The van der Waals surface area contributed by atoms with E-state index in [0.717, 1.165) is 43.6 Å². The van der Waals surface area contributed by atoms with E-state index in [2.05, 4.69) is 144 Å². The summed E-state index contributed by atoms with van der Waals surface area (Å²) in [5.41, 5.74) is 13.7. The molecule has 0 radical (unpaired) electrons. The Morgan fingerprint density at radius 1 is 0.679 bits per heavy atom. The van der Waals surface area contributed by atoms with Gasteiger partial charge in [-0.3, -0.25) is 0 Å². The van der Waals surface area contributed by atoms with E-state index in [4.69, 9.17) is 9.47 Å². The van der Waals surface area contributed by atoms with Gasteiger partial charge in [-0.15, -0.1) is 0 Å². The number of hydrogen-bond acceptors (Lipinski definition) is 2. The van der Waals surface area contributed by atoms with Gasteiger partial charge < -0.3 is 14.0 Å². The summed E-state index contributed by atoms with van der Waals surface area (Å²) in [7, 11) is 0. The van der Waals surface area contributed by atoms with Crippen LogP contribution in [0.25, 0.3) is 33.8 Å². The van der Waals surface area contributed by atoms with Crippen LogP contribution in [-0.2, 0) is 11.2 Å². The van der Waals surface area contributed by atoms with Gasteiger partial charge in [0.1, 0.15) is 11.5 Å². The minimum atomic E-state index is 0.0100. The molecule has 3 nitrogen and oxygen atoms in total. The summed E-state index contributed by atoms with van der Waals surface area (Å²) in [6, 6.07) is 23.0. The van der Waals surface area contributed by atoms with E-state index in [-0.39, 0.29) is 35.9 Å². The highest BCUT2D eigenvalue weighted by Crippen LogP contribution is 2.58. The highest BCUT2D eigenvalue weighted by atomic mass is 16.5. The van der Waals surface area contributed by atoms with Crippen molar-refractivity contribution in [2.75, 3.05) is 0 Å². The molecule has 0 amide bonds. The topological polar surface area (TPSA) is 23.4 Å². The van der Waals surface area contributed by atoms with Crippen LogP contribution >= 0.6 is 0 Å². The van der Waals surface area contributed by atoms with E-state index in [0.29, 0.717) is 0 Å². The Labute approximate surface area is 312 Å². The molecule has 6 unspecified atom stereocenters. The van der Waals surface area contributed by atoms with Gasteiger partial charge >= 0.3 is 0 Å². The van der Waals surface area contributed by atoms with E-state index in [1.807, 2.05) is 0 Å². The highest BCUT2D eigenvalue weighted by Gasteiger charge is 2.51. The molecule has 2 aliphatic heterocycles. The molecule has 4 aromatic rings. The molecule has 7 aliphatic rings. The second kappa shape index (κ2) is 12.8. The lowest BCUT2D eigenvalue weighted by Crippen LogP contribution is -2.50. The van der Waals surface area contributed by atoms with Crippen molar-refractivity contribution < 1.29 is 9.47 Å². The molecule has 262 valence electrons. The Bertz CT molecular complexity index is 2400. The van der Waals surface area contributed by atoms with Crippen LogP contribution in [0.2, 0.25) is 0 Å². The normalized spacial score (nSPS) is 27.8. The monoisotopic (exact) mass is 691 g/mol. The van der Waals surface area contributed by atoms with Crippen LogP contribution in [-0.4, -0.2) is 16.8 Å². The molecule has 0 saturated carbocycles. The number of para-hydroxylation sites is 1. The smallest absolute Gasteiger partial charge is 0.131 e. The van der Waals surface area contributed by atoms with Gasteiger partial charge in [0.25, 0.3) is 0 Å². The molecule has 11 rings (SSSR count). The Morgan fingerprint density at radius 2 is 1.55 bits per heavy atom. The Morgan fingerprint density at radius 3 is 2.47 bits per heavy atom. The molecule has 53 heavy (non-hydrogen) atoms. The lowest BCUT2D eigenvalue weighted by atomic mass is 9.59. The first kappa shape index (κ1) is 31.4.